The zero-order valence-corrected chi connectivity index (χ0v) is 19.3. The van der Waals surface area contributed by atoms with Gasteiger partial charge in [0, 0.05) is 5.39 Å². The van der Waals surface area contributed by atoms with Gasteiger partial charge >= 0.3 is 5.97 Å². The van der Waals surface area contributed by atoms with Crippen LogP contribution in [0, 0.1) is 12.7 Å². The fourth-order valence-electron chi connectivity index (χ4n) is 3.57. The number of H-pyrrole nitrogens is 1. The summed E-state index contributed by atoms with van der Waals surface area (Å²) in [5, 5.41) is 0.769. The first kappa shape index (κ1) is 23.3. The Morgan fingerprint density at radius 2 is 1.94 bits per heavy atom. The number of rotatable bonds is 6. The normalized spacial score (nSPS) is 10.9. The second-order valence-electron chi connectivity index (χ2n) is 7.29. The third-order valence-electron chi connectivity index (χ3n) is 5.08. The molecule has 0 bridgehead atoms. The zero-order valence-electron chi connectivity index (χ0n) is 18.6. The highest BCUT2D eigenvalue weighted by Crippen LogP contribution is 2.38. The molecule has 7 nitrogen and oxygen atoms in total. The van der Waals surface area contributed by atoms with Crippen LogP contribution in [0.5, 0.6) is 17.4 Å². The predicted octanol–water partition coefficient (Wildman–Crippen LogP) is 5.67. The molecular formula is C25H20ClFN2O5. The number of methoxy groups -OCH3 is 1. The van der Waals surface area contributed by atoms with E-state index < -0.39 is 17.2 Å². The van der Waals surface area contributed by atoms with Gasteiger partial charge in [-0.25, -0.2) is 14.2 Å². The minimum atomic E-state index is -0.823. The van der Waals surface area contributed by atoms with Crippen LogP contribution in [0.1, 0.15) is 23.0 Å². The predicted molar refractivity (Wildman–Crippen MR) is 127 cm³/mol. The highest BCUT2D eigenvalue weighted by Gasteiger charge is 2.26. The average molecular weight is 483 g/mol. The van der Waals surface area contributed by atoms with Gasteiger partial charge in [-0.3, -0.25) is 4.79 Å². The first-order valence-corrected chi connectivity index (χ1v) is 10.7. The van der Waals surface area contributed by atoms with Crippen molar-refractivity contribution in [2.24, 2.45) is 0 Å². The molecule has 174 valence electrons. The number of halogens is 2. The van der Waals surface area contributed by atoms with Gasteiger partial charge in [-0.05, 0) is 44.2 Å². The molecule has 9 heteroatoms. The van der Waals surface area contributed by atoms with Crippen LogP contribution in [0.25, 0.3) is 22.2 Å². The van der Waals surface area contributed by atoms with E-state index in [0.29, 0.717) is 16.8 Å². The number of aromatic nitrogens is 2. The first-order chi connectivity index (χ1) is 16.3. The van der Waals surface area contributed by atoms with Crippen molar-refractivity contribution in [1.29, 1.82) is 0 Å². The van der Waals surface area contributed by atoms with Crippen molar-refractivity contribution < 1.29 is 23.4 Å². The van der Waals surface area contributed by atoms with Crippen molar-refractivity contribution in [3.05, 3.63) is 80.9 Å². The minimum absolute atomic E-state index is 0.00963. The number of esters is 1. The third-order valence-corrected chi connectivity index (χ3v) is 5.37. The van der Waals surface area contributed by atoms with Crippen LogP contribution in [0.15, 0.2) is 53.3 Å². The molecule has 4 rings (SSSR count). The summed E-state index contributed by atoms with van der Waals surface area (Å²) < 4.78 is 29.9. The summed E-state index contributed by atoms with van der Waals surface area (Å²) in [6.45, 7) is 3.35. The van der Waals surface area contributed by atoms with Gasteiger partial charge in [-0.1, -0.05) is 29.8 Å². The highest BCUT2D eigenvalue weighted by molar-refractivity contribution is 6.32. The summed E-state index contributed by atoms with van der Waals surface area (Å²) in [6, 6.07) is 12.7. The fourth-order valence-corrected chi connectivity index (χ4v) is 3.77. The molecule has 0 unspecified atom stereocenters. The second-order valence-corrected chi connectivity index (χ2v) is 7.70. The molecule has 0 aliphatic carbocycles. The largest absolute Gasteiger partial charge is 0.491 e. The van der Waals surface area contributed by atoms with Gasteiger partial charge in [0.1, 0.15) is 17.1 Å². The Kier molecular flexibility index (Phi) is 6.51. The zero-order chi connectivity index (χ0) is 24.4. The molecule has 0 saturated heterocycles. The van der Waals surface area contributed by atoms with Crippen molar-refractivity contribution in [3.63, 3.8) is 0 Å². The number of nitrogens with zero attached hydrogens (tertiary/aromatic N) is 1. The standard InChI is InChI=1S/C25H20ClFN2O5/c1-4-33-25(31)20-21(28-13(2)23(32-3)22(20)30)16-11-14-7-5-6-8-18(14)29-24(16)34-19-10-9-15(27)12-17(19)26/h5-12H,4H2,1-3H3,(H,28,30). The molecule has 0 saturated carbocycles. The number of aryl methyl sites for hydroxylation is 1. The number of nitrogens with one attached hydrogen (secondary N) is 1. The molecule has 2 aromatic heterocycles. The summed E-state index contributed by atoms with van der Waals surface area (Å²) in [5.74, 6) is -1.15. The maximum Gasteiger partial charge on any atom is 0.344 e. The van der Waals surface area contributed by atoms with E-state index in [-0.39, 0.29) is 40.3 Å². The van der Waals surface area contributed by atoms with Gasteiger partial charge < -0.3 is 19.2 Å². The Bertz CT molecular complexity index is 1470. The lowest BCUT2D eigenvalue weighted by Gasteiger charge is -2.17. The molecule has 0 aliphatic rings. The average Bonchev–Trinajstić information content (AvgIpc) is 2.80. The number of benzene rings is 2. The molecule has 0 spiro atoms. The number of pyridine rings is 2. The van der Waals surface area contributed by atoms with Crippen molar-refractivity contribution in [2.75, 3.05) is 13.7 Å². The molecule has 0 atom stereocenters. The third kappa shape index (κ3) is 4.32. The van der Waals surface area contributed by atoms with Crippen LogP contribution < -0.4 is 14.9 Å². The fraction of sp³-hybridized carbons (Fsp3) is 0.160. The molecule has 0 fully saturated rings. The summed E-state index contributed by atoms with van der Waals surface area (Å²) in [5.41, 5.74) is 0.569. The van der Waals surface area contributed by atoms with E-state index in [0.717, 1.165) is 11.5 Å². The Morgan fingerprint density at radius 3 is 2.65 bits per heavy atom. The molecule has 1 N–H and O–H groups in total. The number of aromatic amines is 1. The Morgan fingerprint density at radius 1 is 1.18 bits per heavy atom. The number of para-hydroxylation sites is 1. The van der Waals surface area contributed by atoms with Gasteiger partial charge in [-0.15, -0.1) is 0 Å². The van der Waals surface area contributed by atoms with Crippen LogP contribution in [-0.4, -0.2) is 29.7 Å². The maximum absolute atomic E-state index is 13.6. The van der Waals surface area contributed by atoms with Crippen molar-refractivity contribution in [3.8, 4) is 28.6 Å². The van der Waals surface area contributed by atoms with E-state index in [2.05, 4.69) is 9.97 Å². The van der Waals surface area contributed by atoms with Gasteiger partial charge in [-0.2, -0.15) is 0 Å². The summed E-state index contributed by atoms with van der Waals surface area (Å²) in [6.07, 6.45) is 0. The lowest BCUT2D eigenvalue weighted by molar-refractivity contribution is 0.0525. The quantitative estimate of drug-likeness (QED) is 0.356. The number of hydrogen-bond acceptors (Lipinski definition) is 6. The number of ether oxygens (including phenoxy) is 3. The molecule has 34 heavy (non-hydrogen) atoms. The lowest BCUT2D eigenvalue weighted by Crippen LogP contribution is -2.22. The van der Waals surface area contributed by atoms with Gasteiger partial charge in [0.15, 0.2) is 5.75 Å². The molecule has 0 radical (unpaired) electrons. The number of carbonyl (C=O) groups excluding carboxylic acids is 1. The topological polar surface area (TPSA) is 90.5 Å². The van der Waals surface area contributed by atoms with E-state index in [9.17, 15) is 14.0 Å². The molecule has 4 aromatic rings. The summed E-state index contributed by atoms with van der Waals surface area (Å²) >= 11 is 6.17. The van der Waals surface area contributed by atoms with E-state index in [1.54, 1.807) is 26.0 Å². The molecule has 2 heterocycles. The molecule has 0 amide bonds. The number of carbonyl (C=O) groups is 1. The van der Waals surface area contributed by atoms with E-state index in [1.165, 1.54) is 19.2 Å². The monoisotopic (exact) mass is 482 g/mol. The van der Waals surface area contributed by atoms with Crippen molar-refractivity contribution in [1.82, 2.24) is 9.97 Å². The SMILES string of the molecule is CCOC(=O)c1c(-c2cc3ccccc3nc2Oc2ccc(F)cc2Cl)[nH]c(C)c(OC)c1=O. The second kappa shape index (κ2) is 9.52. The van der Waals surface area contributed by atoms with E-state index in [1.807, 2.05) is 18.2 Å². The summed E-state index contributed by atoms with van der Waals surface area (Å²) in [7, 11) is 1.34. The van der Waals surface area contributed by atoms with Gasteiger partial charge in [0.05, 0.1) is 41.2 Å². The van der Waals surface area contributed by atoms with Crippen molar-refractivity contribution >= 4 is 28.5 Å². The van der Waals surface area contributed by atoms with Crippen LogP contribution in [0.2, 0.25) is 5.02 Å². The smallest absolute Gasteiger partial charge is 0.344 e. The van der Waals surface area contributed by atoms with Crippen molar-refractivity contribution in [2.45, 2.75) is 13.8 Å². The molecule has 2 aromatic carbocycles. The Labute approximate surface area is 199 Å². The van der Waals surface area contributed by atoms with E-state index >= 15 is 0 Å². The van der Waals surface area contributed by atoms with Crippen LogP contribution >= 0.6 is 11.6 Å². The van der Waals surface area contributed by atoms with Gasteiger partial charge in [0.2, 0.25) is 11.3 Å². The lowest BCUT2D eigenvalue weighted by atomic mass is 10.0. The molecular weight excluding hydrogens is 463 g/mol. The first-order valence-electron chi connectivity index (χ1n) is 10.3. The minimum Gasteiger partial charge on any atom is -0.491 e. The maximum atomic E-state index is 13.6. The number of hydrogen-bond donors (Lipinski definition) is 1. The van der Waals surface area contributed by atoms with Gasteiger partial charge in [0.25, 0.3) is 0 Å². The Balaban J connectivity index is 2.02. The molecule has 0 aliphatic heterocycles. The van der Waals surface area contributed by atoms with Crippen LogP contribution in [-0.2, 0) is 4.74 Å². The van der Waals surface area contributed by atoms with Crippen LogP contribution in [0.4, 0.5) is 4.39 Å². The van der Waals surface area contributed by atoms with Crippen LogP contribution in [0.3, 0.4) is 0 Å². The summed E-state index contributed by atoms with van der Waals surface area (Å²) in [4.78, 5) is 33.7. The highest BCUT2D eigenvalue weighted by atomic mass is 35.5. The van der Waals surface area contributed by atoms with E-state index in [4.69, 9.17) is 25.8 Å². The Hall–Kier alpha value is -3.91. The number of fused-ring (bicyclic) bond motifs is 1.